The van der Waals surface area contributed by atoms with Gasteiger partial charge in [-0.05, 0) is 42.7 Å². The SMILES string of the molecule is CCN(Cc1ccc(OC)c(OC)c1)C(=O)Cc1ccccc1C. The summed E-state index contributed by atoms with van der Waals surface area (Å²) in [7, 11) is 3.23. The van der Waals surface area contributed by atoms with E-state index in [1.165, 1.54) is 0 Å². The van der Waals surface area contributed by atoms with Crippen LogP contribution in [0.5, 0.6) is 11.5 Å². The zero-order valence-electron chi connectivity index (χ0n) is 14.8. The van der Waals surface area contributed by atoms with Crippen molar-refractivity contribution in [3.8, 4) is 11.5 Å². The monoisotopic (exact) mass is 327 g/mol. The van der Waals surface area contributed by atoms with Crippen molar-refractivity contribution in [1.29, 1.82) is 0 Å². The molecular formula is C20H25NO3. The van der Waals surface area contributed by atoms with Crippen LogP contribution in [0.25, 0.3) is 0 Å². The van der Waals surface area contributed by atoms with E-state index in [4.69, 9.17) is 9.47 Å². The van der Waals surface area contributed by atoms with E-state index in [0.29, 0.717) is 31.0 Å². The van der Waals surface area contributed by atoms with Crippen molar-refractivity contribution < 1.29 is 14.3 Å². The zero-order chi connectivity index (χ0) is 17.5. The summed E-state index contributed by atoms with van der Waals surface area (Å²) in [5, 5.41) is 0. The average molecular weight is 327 g/mol. The summed E-state index contributed by atoms with van der Waals surface area (Å²) in [5.41, 5.74) is 3.24. The lowest BCUT2D eigenvalue weighted by Gasteiger charge is -2.22. The smallest absolute Gasteiger partial charge is 0.227 e. The van der Waals surface area contributed by atoms with E-state index in [9.17, 15) is 4.79 Å². The van der Waals surface area contributed by atoms with Gasteiger partial charge in [-0.25, -0.2) is 0 Å². The molecule has 0 saturated heterocycles. The van der Waals surface area contributed by atoms with Crippen molar-refractivity contribution in [2.45, 2.75) is 26.8 Å². The minimum absolute atomic E-state index is 0.126. The number of methoxy groups -OCH3 is 2. The van der Waals surface area contributed by atoms with Gasteiger partial charge in [0.1, 0.15) is 0 Å². The van der Waals surface area contributed by atoms with Crippen LogP contribution in [0.1, 0.15) is 23.6 Å². The van der Waals surface area contributed by atoms with Gasteiger partial charge in [0.25, 0.3) is 0 Å². The molecule has 0 spiro atoms. The second kappa shape index (κ2) is 8.39. The average Bonchev–Trinajstić information content (AvgIpc) is 2.61. The van der Waals surface area contributed by atoms with E-state index in [1.807, 2.05) is 61.2 Å². The number of carbonyl (C=O) groups excluding carboxylic acids is 1. The summed E-state index contributed by atoms with van der Waals surface area (Å²) in [5.74, 6) is 1.49. The van der Waals surface area contributed by atoms with Crippen LogP contribution in [-0.2, 0) is 17.8 Å². The number of likely N-dealkylation sites (N-methyl/N-ethyl adjacent to an activating group) is 1. The number of nitrogens with zero attached hydrogens (tertiary/aromatic N) is 1. The lowest BCUT2D eigenvalue weighted by molar-refractivity contribution is -0.130. The van der Waals surface area contributed by atoms with Crippen molar-refractivity contribution in [3.05, 3.63) is 59.2 Å². The Morgan fingerprint density at radius 1 is 1.04 bits per heavy atom. The molecule has 4 nitrogen and oxygen atoms in total. The Hall–Kier alpha value is -2.49. The second-order valence-corrected chi connectivity index (χ2v) is 5.70. The minimum atomic E-state index is 0.126. The number of rotatable bonds is 7. The fraction of sp³-hybridized carbons (Fsp3) is 0.350. The molecule has 4 heteroatoms. The number of amides is 1. The van der Waals surface area contributed by atoms with Gasteiger partial charge < -0.3 is 14.4 Å². The van der Waals surface area contributed by atoms with Crippen molar-refractivity contribution >= 4 is 5.91 Å². The van der Waals surface area contributed by atoms with Crippen molar-refractivity contribution in [2.75, 3.05) is 20.8 Å². The second-order valence-electron chi connectivity index (χ2n) is 5.70. The molecule has 2 aromatic carbocycles. The molecule has 0 saturated carbocycles. The Labute approximate surface area is 144 Å². The molecule has 0 radical (unpaired) electrons. The van der Waals surface area contributed by atoms with E-state index in [2.05, 4.69) is 0 Å². The number of benzene rings is 2. The molecule has 0 aliphatic heterocycles. The Morgan fingerprint density at radius 2 is 1.75 bits per heavy atom. The van der Waals surface area contributed by atoms with Gasteiger partial charge in [0.05, 0.1) is 20.6 Å². The molecule has 2 aromatic rings. The van der Waals surface area contributed by atoms with Crippen LogP contribution >= 0.6 is 0 Å². The number of aryl methyl sites for hydroxylation is 1. The molecule has 128 valence electrons. The zero-order valence-corrected chi connectivity index (χ0v) is 14.8. The van der Waals surface area contributed by atoms with Crippen LogP contribution in [0, 0.1) is 6.92 Å². The van der Waals surface area contributed by atoms with Gasteiger partial charge in [-0.1, -0.05) is 30.3 Å². The molecule has 0 N–H and O–H groups in total. The molecule has 0 aromatic heterocycles. The first-order chi connectivity index (χ1) is 11.6. The Morgan fingerprint density at radius 3 is 2.38 bits per heavy atom. The van der Waals surface area contributed by atoms with Gasteiger partial charge in [0.15, 0.2) is 11.5 Å². The van der Waals surface area contributed by atoms with Gasteiger partial charge in [-0.2, -0.15) is 0 Å². The predicted molar refractivity (Wildman–Crippen MR) is 95.5 cm³/mol. The Balaban J connectivity index is 2.11. The summed E-state index contributed by atoms with van der Waals surface area (Å²) in [6, 6.07) is 13.8. The third kappa shape index (κ3) is 4.28. The molecule has 24 heavy (non-hydrogen) atoms. The highest BCUT2D eigenvalue weighted by molar-refractivity contribution is 5.79. The number of carbonyl (C=O) groups is 1. The molecule has 0 heterocycles. The van der Waals surface area contributed by atoms with Crippen LogP contribution < -0.4 is 9.47 Å². The predicted octanol–water partition coefficient (Wildman–Crippen LogP) is 3.60. The maximum absolute atomic E-state index is 12.6. The van der Waals surface area contributed by atoms with Crippen molar-refractivity contribution in [2.24, 2.45) is 0 Å². The fourth-order valence-corrected chi connectivity index (χ4v) is 2.66. The topological polar surface area (TPSA) is 38.8 Å². The third-order valence-corrected chi connectivity index (χ3v) is 4.16. The normalized spacial score (nSPS) is 10.3. The van der Waals surface area contributed by atoms with Gasteiger partial charge in [-0.3, -0.25) is 4.79 Å². The highest BCUT2D eigenvalue weighted by Crippen LogP contribution is 2.28. The van der Waals surface area contributed by atoms with Gasteiger partial charge in [0, 0.05) is 13.1 Å². The number of hydrogen-bond acceptors (Lipinski definition) is 3. The molecule has 0 fully saturated rings. The third-order valence-electron chi connectivity index (χ3n) is 4.16. The Bertz CT molecular complexity index is 697. The highest BCUT2D eigenvalue weighted by atomic mass is 16.5. The van der Waals surface area contributed by atoms with Crippen LogP contribution in [0.2, 0.25) is 0 Å². The molecule has 0 unspecified atom stereocenters. The maximum atomic E-state index is 12.6. The summed E-state index contributed by atoms with van der Waals surface area (Å²) in [6.45, 7) is 5.25. The van der Waals surface area contributed by atoms with E-state index in [0.717, 1.165) is 16.7 Å². The van der Waals surface area contributed by atoms with Crippen LogP contribution in [-0.4, -0.2) is 31.6 Å². The molecule has 2 rings (SSSR count). The number of hydrogen-bond donors (Lipinski definition) is 0. The van der Waals surface area contributed by atoms with Gasteiger partial charge in [-0.15, -0.1) is 0 Å². The Kier molecular flexibility index (Phi) is 6.24. The standard InChI is InChI=1S/C20H25NO3/c1-5-21(20(22)13-17-9-7-6-8-15(17)2)14-16-10-11-18(23-3)19(12-16)24-4/h6-12H,5,13-14H2,1-4H3. The van der Waals surface area contributed by atoms with Crippen LogP contribution in [0.4, 0.5) is 0 Å². The largest absolute Gasteiger partial charge is 0.493 e. The van der Waals surface area contributed by atoms with Crippen molar-refractivity contribution in [3.63, 3.8) is 0 Å². The molecule has 0 bridgehead atoms. The molecule has 1 amide bonds. The fourth-order valence-electron chi connectivity index (χ4n) is 2.66. The van der Waals surface area contributed by atoms with Gasteiger partial charge in [0.2, 0.25) is 5.91 Å². The lowest BCUT2D eigenvalue weighted by atomic mass is 10.1. The molecule has 0 aliphatic rings. The van der Waals surface area contributed by atoms with Gasteiger partial charge >= 0.3 is 0 Å². The van der Waals surface area contributed by atoms with Crippen LogP contribution in [0.15, 0.2) is 42.5 Å². The van der Waals surface area contributed by atoms with Crippen molar-refractivity contribution in [1.82, 2.24) is 4.90 Å². The van der Waals surface area contributed by atoms with E-state index in [1.54, 1.807) is 14.2 Å². The summed E-state index contributed by atoms with van der Waals surface area (Å²) in [6.07, 6.45) is 0.424. The first kappa shape index (κ1) is 17.9. The molecular weight excluding hydrogens is 302 g/mol. The highest BCUT2D eigenvalue weighted by Gasteiger charge is 2.15. The van der Waals surface area contributed by atoms with E-state index >= 15 is 0 Å². The first-order valence-corrected chi connectivity index (χ1v) is 8.12. The lowest BCUT2D eigenvalue weighted by Crippen LogP contribution is -2.31. The van der Waals surface area contributed by atoms with E-state index < -0.39 is 0 Å². The maximum Gasteiger partial charge on any atom is 0.227 e. The summed E-state index contributed by atoms with van der Waals surface area (Å²) < 4.78 is 10.6. The first-order valence-electron chi connectivity index (χ1n) is 8.12. The van der Waals surface area contributed by atoms with E-state index in [-0.39, 0.29) is 5.91 Å². The number of ether oxygens (including phenoxy) is 2. The molecule has 0 aliphatic carbocycles. The molecule has 0 atom stereocenters. The minimum Gasteiger partial charge on any atom is -0.493 e. The van der Waals surface area contributed by atoms with Crippen LogP contribution in [0.3, 0.4) is 0 Å². The quantitative estimate of drug-likeness (QED) is 0.780. The summed E-state index contributed by atoms with van der Waals surface area (Å²) in [4.78, 5) is 14.5. The summed E-state index contributed by atoms with van der Waals surface area (Å²) >= 11 is 0.